The number of piperazine rings is 1. The Morgan fingerprint density at radius 2 is 1.68 bits per heavy atom. The van der Waals surface area contributed by atoms with E-state index in [-0.39, 0.29) is 0 Å². The first-order chi connectivity index (χ1) is 16.8. The molecule has 1 saturated heterocycles. The first-order valence-electron chi connectivity index (χ1n) is 12.3. The molecule has 6 rings (SSSR count). The number of aromatic nitrogens is 3. The van der Waals surface area contributed by atoms with Crippen LogP contribution < -0.4 is 4.90 Å². The van der Waals surface area contributed by atoms with E-state index in [9.17, 15) is 0 Å². The maximum Gasteiger partial charge on any atom is 0.155 e. The van der Waals surface area contributed by atoms with E-state index < -0.39 is 0 Å². The van der Waals surface area contributed by atoms with Crippen LogP contribution in [0.15, 0.2) is 54.7 Å². The molecule has 172 valence electrons. The zero-order valence-electron chi connectivity index (χ0n) is 19.4. The summed E-state index contributed by atoms with van der Waals surface area (Å²) in [5.74, 6) is 1.94. The maximum atomic E-state index is 5.13. The fourth-order valence-corrected chi connectivity index (χ4v) is 6.29. The SMILES string of the molecule is C(=C\c1nc(N2CCN(Cc3ccccn3)CC2)c2c3c(sc2n1)CCCC3)/c1ccccc1. The van der Waals surface area contributed by atoms with Gasteiger partial charge in [-0.3, -0.25) is 9.88 Å². The van der Waals surface area contributed by atoms with Crippen LogP contribution in [0, 0.1) is 0 Å². The van der Waals surface area contributed by atoms with Crippen molar-refractivity contribution in [2.45, 2.75) is 32.2 Å². The first kappa shape index (κ1) is 21.4. The highest BCUT2D eigenvalue weighted by Gasteiger charge is 2.26. The summed E-state index contributed by atoms with van der Waals surface area (Å²) in [6.07, 6.45) is 11.0. The minimum absolute atomic E-state index is 0.806. The van der Waals surface area contributed by atoms with Crippen LogP contribution in [-0.4, -0.2) is 46.0 Å². The molecular formula is C28H29N5S. The Morgan fingerprint density at radius 1 is 0.853 bits per heavy atom. The van der Waals surface area contributed by atoms with Crippen LogP contribution in [0.5, 0.6) is 0 Å². The lowest BCUT2D eigenvalue weighted by molar-refractivity contribution is 0.247. The van der Waals surface area contributed by atoms with Gasteiger partial charge in [0.15, 0.2) is 5.82 Å². The molecule has 1 aliphatic heterocycles. The Bertz CT molecular complexity index is 1290. The molecule has 0 saturated carbocycles. The Balaban J connectivity index is 1.30. The Morgan fingerprint density at radius 3 is 2.50 bits per heavy atom. The van der Waals surface area contributed by atoms with E-state index in [1.54, 1.807) is 0 Å². The molecule has 1 fully saturated rings. The zero-order chi connectivity index (χ0) is 22.7. The molecule has 5 nitrogen and oxygen atoms in total. The van der Waals surface area contributed by atoms with Crippen LogP contribution in [-0.2, 0) is 19.4 Å². The number of hydrogen-bond acceptors (Lipinski definition) is 6. The van der Waals surface area contributed by atoms with E-state index in [2.05, 4.69) is 63.3 Å². The third kappa shape index (κ3) is 4.48. The predicted octanol–water partition coefficient (Wildman–Crippen LogP) is 5.46. The summed E-state index contributed by atoms with van der Waals surface area (Å²) in [6.45, 7) is 4.90. The summed E-state index contributed by atoms with van der Waals surface area (Å²) < 4.78 is 0. The van der Waals surface area contributed by atoms with Gasteiger partial charge in [-0.2, -0.15) is 0 Å². The van der Waals surface area contributed by atoms with Crippen molar-refractivity contribution in [1.29, 1.82) is 0 Å². The summed E-state index contributed by atoms with van der Waals surface area (Å²) in [5, 5.41) is 1.31. The molecule has 3 aromatic heterocycles. The molecule has 6 heteroatoms. The minimum atomic E-state index is 0.806. The summed E-state index contributed by atoms with van der Waals surface area (Å²) >= 11 is 1.89. The standard InChI is InChI=1S/C28H29N5S/c1-2-8-21(9-3-1)13-14-25-30-27(26-23-11-4-5-12-24(23)34-28(26)31-25)33-18-16-32(17-19-33)20-22-10-6-7-15-29-22/h1-3,6-10,13-15H,4-5,11-12,16-20H2/b14-13+. The smallest absolute Gasteiger partial charge is 0.155 e. The lowest BCUT2D eigenvalue weighted by Crippen LogP contribution is -2.46. The fraction of sp³-hybridized carbons (Fsp3) is 0.321. The molecule has 0 spiro atoms. The second kappa shape index (κ2) is 9.65. The quantitative estimate of drug-likeness (QED) is 0.390. The molecule has 4 heterocycles. The molecule has 4 aromatic rings. The number of thiophene rings is 1. The number of pyridine rings is 1. The number of hydrogen-bond donors (Lipinski definition) is 0. The van der Waals surface area contributed by atoms with Gasteiger partial charge in [0.2, 0.25) is 0 Å². The van der Waals surface area contributed by atoms with Gasteiger partial charge in [-0.05, 0) is 55.0 Å². The van der Waals surface area contributed by atoms with Crippen molar-refractivity contribution < 1.29 is 0 Å². The second-order valence-electron chi connectivity index (χ2n) is 9.12. The number of nitrogens with zero attached hydrogens (tertiary/aromatic N) is 5. The predicted molar refractivity (Wildman–Crippen MR) is 141 cm³/mol. The Labute approximate surface area is 204 Å². The summed E-state index contributed by atoms with van der Waals surface area (Å²) in [5.41, 5.74) is 3.82. The number of aryl methyl sites for hydroxylation is 2. The van der Waals surface area contributed by atoms with E-state index in [0.29, 0.717) is 0 Å². The van der Waals surface area contributed by atoms with Gasteiger partial charge in [-0.15, -0.1) is 11.3 Å². The van der Waals surface area contributed by atoms with E-state index in [1.165, 1.54) is 40.7 Å². The van der Waals surface area contributed by atoms with Crippen molar-refractivity contribution in [3.63, 3.8) is 0 Å². The highest BCUT2D eigenvalue weighted by atomic mass is 32.1. The van der Waals surface area contributed by atoms with Gasteiger partial charge in [-0.1, -0.05) is 42.5 Å². The van der Waals surface area contributed by atoms with Crippen molar-refractivity contribution >= 4 is 39.5 Å². The number of rotatable bonds is 5. The van der Waals surface area contributed by atoms with Gasteiger partial charge in [0.05, 0.1) is 11.1 Å². The van der Waals surface area contributed by atoms with E-state index in [4.69, 9.17) is 9.97 Å². The highest BCUT2D eigenvalue weighted by molar-refractivity contribution is 7.19. The number of benzene rings is 1. The average Bonchev–Trinajstić information content (AvgIpc) is 3.27. The van der Waals surface area contributed by atoms with Gasteiger partial charge >= 0.3 is 0 Å². The molecule has 0 bridgehead atoms. The van der Waals surface area contributed by atoms with E-state index >= 15 is 0 Å². The monoisotopic (exact) mass is 467 g/mol. The van der Waals surface area contributed by atoms with Crippen LogP contribution in [0.2, 0.25) is 0 Å². The van der Waals surface area contributed by atoms with Crippen LogP contribution in [0.4, 0.5) is 5.82 Å². The van der Waals surface area contributed by atoms with E-state index in [1.807, 2.05) is 29.7 Å². The lowest BCUT2D eigenvalue weighted by Gasteiger charge is -2.35. The summed E-state index contributed by atoms with van der Waals surface area (Å²) in [7, 11) is 0. The van der Waals surface area contributed by atoms with Gasteiger partial charge in [-0.25, -0.2) is 9.97 Å². The summed E-state index contributed by atoms with van der Waals surface area (Å²) in [6, 6.07) is 16.6. The van der Waals surface area contributed by atoms with Crippen LogP contribution in [0.3, 0.4) is 0 Å². The summed E-state index contributed by atoms with van der Waals surface area (Å²) in [4.78, 5) is 22.3. The van der Waals surface area contributed by atoms with Crippen LogP contribution in [0.1, 0.15) is 40.4 Å². The molecule has 0 amide bonds. The lowest BCUT2D eigenvalue weighted by atomic mass is 9.97. The topological polar surface area (TPSA) is 45.2 Å². The number of anilines is 1. The van der Waals surface area contributed by atoms with Crippen molar-refractivity contribution in [2.75, 3.05) is 31.1 Å². The third-order valence-electron chi connectivity index (χ3n) is 6.82. The van der Waals surface area contributed by atoms with Crippen LogP contribution >= 0.6 is 11.3 Å². The highest BCUT2D eigenvalue weighted by Crippen LogP contribution is 2.40. The Hall–Kier alpha value is -3.09. The van der Waals surface area contributed by atoms with Crippen molar-refractivity contribution in [2.24, 2.45) is 0 Å². The third-order valence-corrected chi connectivity index (χ3v) is 8.01. The van der Waals surface area contributed by atoms with Gasteiger partial charge in [0.1, 0.15) is 10.6 Å². The maximum absolute atomic E-state index is 5.13. The largest absolute Gasteiger partial charge is 0.353 e. The minimum Gasteiger partial charge on any atom is -0.353 e. The molecule has 0 atom stereocenters. The van der Waals surface area contributed by atoms with Crippen molar-refractivity contribution in [3.8, 4) is 0 Å². The molecule has 2 aliphatic rings. The number of fused-ring (bicyclic) bond motifs is 3. The molecular weight excluding hydrogens is 438 g/mol. The molecule has 0 N–H and O–H groups in total. The van der Waals surface area contributed by atoms with Gasteiger partial charge in [0.25, 0.3) is 0 Å². The van der Waals surface area contributed by atoms with E-state index in [0.717, 1.165) is 61.3 Å². The van der Waals surface area contributed by atoms with Crippen LogP contribution in [0.25, 0.3) is 22.4 Å². The average molecular weight is 468 g/mol. The molecule has 0 radical (unpaired) electrons. The first-order valence-corrected chi connectivity index (χ1v) is 13.1. The van der Waals surface area contributed by atoms with Gasteiger partial charge < -0.3 is 4.90 Å². The molecule has 34 heavy (non-hydrogen) atoms. The molecule has 1 aromatic carbocycles. The van der Waals surface area contributed by atoms with Crippen molar-refractivity contribution in [3.05, 3.63) is 82.3 Å². The molecule has 0 unspecified atom stereocenters. The zero-order valence-corrected chi connectivity index (χ0v) is 20.2. The second-order valence-corrected chi connectivity index (χ2v) is 10.2. The fourth-order valence-electron chi connectivity index (χ4n) is 5.03. The molecule has 1 aliphatic carbocycles. The van der Waals surface area contributed by atoms with Crippen molar-refractivity contribution in [1.82, 2.24) is 19.9 Å². The normalized spacial score (nSPS) is 16.9. The van der Waals surface area contributed by atoms with Gasteiger partial charge in [0, 0.05) is 43.8 Å². The Kier molecular flexibility index (Phi) is 6.08.